The summed E-state index contributed by atoms with van der Waals surface area (Å²) in [4.78, 5) is 48.6. The van der Waals surface area contributed by atoms with E-state index in [2.05, 4.69) is 0 Å². The van der Waals surface area contributed by atoms with Gasteiger partial charge in [0, 0.05) is 11.8 Å². The number of anilines is 1. The van der Waals surface area contributed by atoms with Gasteiger partial charge in [-0.2, -0.15) is 0 Å². The Morgan fingerprint density at radius 3 is 2.48 bits per heavy atom. The molecule has 0 fully saturated rings. The van der Waals surface area contributed by atoms with Gasteiger partial charge in [-0.3, -0.25) is 29.1 Å². The lowest BCUT2D eigenvalue weighted by molar-refractivity contribution is -0.385. The Hall–Kier alpha value is -4.21. The molecular formula is C19H16N4O6. The summed E-state index contributed by atoms with van der Waals surface area (Å²) in [6.07, 6.45) is 2.37. The molecule has 0 saturated heterocycles. The highest BCUT2D eigenvalue weighted by atomic mass is 16.6. The van der Waals surface area contributed by atoms with Crippen molar-refractivity contribution in [2.75, 3.05) is 4.90 Å². The first-order valence-corrected chi connectivity index (χ1v) is 8.43. The van der Waals surface area contributed by atoms with Crippen LogP contribution in [0.4, 0.5) is 11.4 Å². The molecule has 0 saturated carbocycles. The van der Waals surface area contributed by atoms with Crippen molar-refractivity contribution in [3.8, 4) is 0 Å². The molecule has 10 nitrogen and oxygen atoms in total. The largest absolute Gasteiger partial charge is 0.467 e. The second-order valence-electron chi connectivity index (χ2n) is 6.06. The molecule has 0 radical (unpaired) electrons. The van der Waals surface area contributed by atoms with E-state index in [9.17, 15) is 24.5 Å². The van der Waals surface area contributed by atoms with Crippen LogP contribution in [0.25, 0.3) is 0 Å². The van der Waals surface area contributed by atoms with Gasteiger partial charge in [0.15, 0.2) is 0 Å². The van der Waals surface area contributed by atoms with Crippen molar-refractivity contribution in [1.82, 2.24) is 4.57 Å². The summed E-state index contributed by atoms with van der Waals surface area (Å²) in [6.45, 7) is -0.446. The Morgan fingerprint density at radius 1 is 1.17 bits per heavy atom. The zero-order valence-corrected chi connectivity index (χ0v) is 15.1. The van der Waals surface area contributed by atoms with Crippen LogP contribution in [0.3, 0.4) is 0 Å². The summed E-state index contributed by atoms with van der Waals surface area (Å²) in [5, 5.41) is 11.1. The molecule has 3 aromatic rings. The van der Waals surface area contributed by atoms with Gasteiger partial charge in [0.1, 0.15) is 17.9 Å². The number of amides is 2. The molecule has 3 rings (SSSR count). The number of nitrogens with two attached hydrogens (primary N) is 1. The molecule has 0 unspecified atom stereocenters. The molecule has 0 bridgehead atoms. The third-order valence-corrected chi connectivity index (χ3v) is 4.12. The highest BCUT2D eigenvalue weighted by Gasteiger charge is 2.22. The number of primary amides is 1. The van der Waals surface area contributed by atoms with E-state index >= 15 is 0 Å². The molecule has 2 heterocycles. The Morgan fingerprint density at radius 2 is 1.90 bits per heavy atom. The standard InChI is InChI=1S/C19H16N4O6/c20-18(25)16-9-14(23(27)28)10-21(19(16)26)12-17(24)22(11-15-7-4-8-29-15)13-5-2-1-3-6-13/h1-10H,11-12H2,(H2,20,25). The van der Waals surface area contributed by atoms with Crippen molar-refractivity contribution in [2.24, 2.45) is 5.73 Å². The van der Waals surface area contributed by atoms with E-state index in [0.717, 1.165) is 16.8 Å². The van der Waals surface area contributed by atoms with E-state index in [1.165, 1.54) is 11.2 Å². The van der Waals surface area contributed by atoms with E-state index in [-0.39, 0.29) is 6.54 Å². The minimum atomic E-state index is -1.12. The maximum absolute atomic E-state index is 13.0. The Bertz CT molecular complexity index is 1110. The third kappa shape index (κ3) is 4.38. The Balaban J connectivity index is 1.98. The highest BCUT2D eigenvalue weighted by Crippen LogP contribution is 2.18. The lowest BCUT2D eigenvalue weighted by Gasteiger charge is -2.22. The summed E-state index contributed by atoms with van der Waals surface area (Å²) in [5.74, 6) is -1.15. The molecule has 0 aliphatic heterocycles. The van der Waals surface area contributed by atoms with E-state index in [0.29, 0.717) is 11.4 Å². The lowest BCUT2D eigenvalue weighted by atomic mass is 10.2. The van der Waals surface area contributed by atoms with Gasteiger partial charge in [-0.1, -0.05) is 18.2 Å². The molecule has 2 N–H and O–H groups in total. The Labute approximate surface area is 163 Å². The zero-order valence-electron chi connectivity index (χ0n) is 15.1. The van der Waals surface area contributed by atoms with Crippen molar-refractivity contribution in [3.05, 3.63) is 92.8 Å². The maximum Gasteiger partial charge on any atom is 0.286 e. The number of nitrogens with zero attached hydrogens (tertiary/aromatic N) is 3. The van der Waals surface area contributed by atoms with Crippen LogP contribution in [-0.4, -0.2) is 21.3 Å². The number of hydrogen-bond acceptors (Lipinski definition) is 6. The molecule has 0 spiro atoms. The monoisotopic (exact) mass is 396 g/mol. The van der Waals surface area contributed by atoms with Crippen molar-refractivity contribution < 1.29 is 18.9 Å². The molecule has 29 heavy (non-hydrogen) atoms. The van der Waals surface area contributed by atoms with E-state index < -0.39 is 40.1 Å². The average Bonchev–Trinajstić information content (AvgIpc) is 3.21. The second-order valence-corrected chi connectivity index (χ2v) is 6.06. The first kappa shape index (κ1) is 19.5. The van der Waals surface area contributed by atoms with Crippen LogP contribution < -0.4 is 16.2 Å². The molecule has 10 heteroatoms. The van der Waals surface area contributed by atoms with Crippen molar-refractivity contribution >= 4 is 23.2 Å². The van der Waals surface area contributed by atoms with Crippen LogP contribution in [0.1, 0.15) is 16.1 Å². The summed E-state index contributed by atoms with van der Waals surface area (Å²) in [7, 11) is 0. The molecule has 0 aliphatic carbocycles. The quantitative estimate of drug-likeness (QED) is 0.476. The number of para-hydroxylation sites is 1. The SMILES string of the molecule is NC(=O)c1cc([N+](=O)[O-])cn(CC(=O)N(Cc2ccco2)c2ccccc2)c1=O. The molecule has 2 aromatic heterocycles. The number of carbonyl (C=O) groups is 2. The van der Waals surface area contributed by atoms with Crippen molar-refractivity contribution in [3.63, 3.8) is 0 Å². The van der Waals surface area contributed by atoms with Crippen LogP contribution >= 0.6 is 0 Å². The van der Waals surface area contributed by atoms with Gasteiger partial charge >= 0.3 is 0 Å². The lowest BCUT2D eigenvalue weighted by Crippen LogP contribution is -2.38. The number of nitro groups is 1. The van der Waals surface area contributed by atoms with Crippen LogP contribution in [0, 0.1) is 10.1 Å². The van der Waals surface area contributed by atoms with E-state index in [1.807, 2.05) is 0 Å². The number of carbonyl (C=O) groups excluding carboxylic acids is 2. The summed E-state index contributed by atoms with van der Waals surface area (Å²) >= 11 is 0. The highest BCUT2D eigenvalue weighted by molar-refractivity contribution is 5.94. The summed E-state index contributed by atoms with van der Waals surface area (Å²) in [5.41, 5.74) is 3.71. The number of aromatic nitrogens is 1. The average molecular weight is 396 g/mol. The fraction of sp³-hybridized carbons (Fsp3) is 0.105. The normalized spacial score (nSPS) is 10.5. The van der Waals surface area contributed by atoms with E-state index in [1.54, 1.807) is 42.5 Å². The smallest absolute Gasteiger partial charge is 0.286 e. The number of benzene rings is 1. The molecule has 0 atom stereocenters. The molecule has 1 aromatic carbocycles. The minimum absolute atomic E-state index is 0.0855. The fourth-order valence-corrected chi connectivity index (χ4v) is 2.73. The second kappa shape index (κ2) is 8.21. The number of furan rings is 1. The van der Waals surface area contributed by atoms with E-state index in [4.69, 9.17) is 10.2 Å². The van der Waals surface area contributed by atoms with Crippen molar-refractivity contribution in [2.45, 2.75) is 13.1 Å². The predicted octanol–water partition coefficient (Wildman–Crippen LogP) is 1.68. The first-order chi connectivity index (χ1) is 13.9. The minimum Gasteiger partial charge on any atom is -0.467 e. The van der Waals surface area contributed by atoms with Gasteiger partial charge in [0.25, 0.3) is 17.2 Å². The van der Waals surface area contributed by atoms with Gasteiger partial charge < -0.3 is 15.1 Å². The van der Waals surface area contributed by atoms with Crippen molar-refractivity contribution in [1.29, 1.82) is 0 Å². The Kier molecular flexibility index (Phi) is 5.54. The third-order valence-electron chi connectivity index (χ3n) is 4.12. The molecule has 148 valence electrons. The number of hydrogen-bond donors (Lipinski definition) is 1. The van der Waals surface area contributed by atoms with Gasteiger partial charge in [0.05, 0.1) is 23.9 Å². The number of pyridine rings is 1. The summed E-state index contributed by atoms with van der Waals surface area (Å²) < 4.78 is 6.10. The maximum atomic E-state index is 13.0. The zero-order chi connectivity index (χ0) is 21.0. The number of rotatable bonds is 7. The summed E-state index contributed by atoms with van der Waals surface area (Å²) in [6, 6.07) is 12.8. The van der Waals surface area contributed by atoms with Gasteiger partial charge in [-0.15, -0.1) is 0 Å². The fourth-order valence-electron chi connectivity index (χ4n) is 2.73. The predicted molar refractivity (Wildman–Crippen MR) is 102 cm³/mol. The van der Waals surface area contributed by atoms with Gasteiger partial charge in [0.2, 0.25) is 5.91 Å². The topological polar surface area (TPSA) is 142 Å². The van der Waals surface area contributed by atoms with Gasteiger partial charge in [-0.05, 0) is 24.3 Å². The molecule has 2 amide bonds. The molecule has 0 aliphatic rings. The van der Waals surface area contributed by atoms with Crippen LogP contribution in [0.2, 0.25) is 0 Å². The molecular weight excluding hydrogens is 380 g/mol. The van der Waals surface area contributed by atoms with Crippen LogP contribution in [0.5, 0.6) is 0 Å². The first-order valence-electron chi connectivity index (χ1n) is 8.43. The van der Waals surface area contributed by atoms with Gasteiger partial charge in [-0.25, -0.2) is 0 Å². The van der Waals surface area contributed by atoms with Crippen LogP contribution in [0.15, 0.2) is 70.2 Å². The van der Waals surface area contributed by atoms with Crippen LogP contribution in [-0.2, 0) is 17.9 Å².